The number of hydrogen-bond acceptors (Lipinski definition) is 3. The molecule has 0 aromatic carbocycles. The highest BCUT2D eigenvalue weighted by Crippen LogP contribution is 2.30. The molecule has 114 valence electrons. The number of carbonyl (C=O) groups excluding carboxylic acids is 1. The summed E-state index contributed by atoms with van der Waals surface area (Å²) >= 11 is 1.62. The van der Waals surface area contributed by atoms with Crippen molar-refractivity contribution < 1.29 is 14.7 Å². The van der Waals surface area contributed by atoms with Crippen molar-refractivity contribution >= 4 is 23.2 Å². The van der Waals surface area contributed by atoms with Gasteiger partial charge in [-0.05, 0) is 50.2 Å². The van der Waals surface area contributed by atoms with Gasteiger partial charge in [-0.1, -0.05) is 6.42 Å². The SMILES string of the molecule is O=C(O)[C@@H]1CCCN(C(=O)c2cc3c(s2)CCCCC3)C1. The molecule has 21 heavy (non-hydrogen) atoms. The first-order valence-corrected chi connectivity index (χ1v) is 8.60. The third-order valence-corrected chi connectivity index (χ3v) is 5.74. The molecule has 1 aliphatic heterocycles. The predicted octanol–water partition coefficient (Wildman–Crippen LogP) is 2.95. The molecule has 1 aliphatic carbocycles. The topological polar surface area (TPSA) is 57.6 Å². The molecule has 1 N–H and O–H groups in total. The minimum absolute atomic E-state index is 0.0269. The number of carboxylic acid groups (broad SMARTS) is 1. The van der Waals surface area contributed by atoms with Gasteiger partial charge in [-0.3, -0.25) is 9.59 Å². The Morgan fingerprint density at radius 1 is 1.19 bits per heavy atom. The van der Waals surface area contributed by atoms with Crippen molar-refractivity contribution in [2.45, 2.75) is 44.9 Å². The lowest BCUT2D eigenvalue weighted by atomic mass is 9.98. The Hall–Kier alpha value is -1.36. The van der Waals surface area contributed by atoms with Crippen LogP contribution >= 0.6 is 11.3 Å². The summed E-state index contributed by atoms with van der Waals surface area (Å²) in [5.41, 5.74) is 1.34. The van der Waals surface area contributed by atoms with Gasteiger partial charge in [0, 0.05) is 18.0 Å². The second-order valence-corrected chi connectivity index (χ2v) is 7.19. The standard InChI is InChI=1S/C16H21NO3S/c18-15(17-8-4-6-12(10-17)16(19)20)14-9-11-5-2-1-3-7-13(11)21-14/h9,12H,1-8,10H2,(H,19,20)/t12-/m1/s1. The van der Waals surface area contributed by atoms with Crippen LogP contribution in [0.1, 0.15) is 52.2 Å². The minimum Gasteiger partial charge on any atom is -0.481 e. The lowest BCUT2D eigenvalue weighted by Gasteiger charge is -2.30. The fourth-order valence-corrected chi connectivity index (χ4v) is 4.51. The first-order chi connectivity index (χ1) is 10.1. The first-order valence-electron chi connectivity index (χ1n) is 7.79. The van der Waals surface area contributed by atoms with Crippen molar-refractivity contribution in [1.29, 1.82) is 0 Å². The number of aryl methyl sites for hydroxylation is 2. The summed E-state index contributed by atoms with van der Waals surface area (Å²) in [6.45, 7) is 1.04. The van der Waals surface area contributed by atoms with Crippen molar-refractivity contribution in [3.8, 4) is 0 Å². The number of thiophene rings is 1. The fraction of sp³-hybridized carbons (Fsp3) is 0.625. The largest absolute Gasteiger partial charge is 0.481 e. The fourth-order valence-electron chi connectivity index (χ4n) is 3.29. The van der Waals surface area contributed by atoms with Gasteiger partial charge in [0.1, 0.15) is 0 Å². The Morgan fingerprint density at radius 2 is 2.00 bits per heavy atom. The van der Waals surface area contributed by atoms with E-state index in [-0.39, 0.29) is 5.91 Å². The molecule has 1 aromatic heterocycles. The molecule has 0 spiro atoms. The van der Waals surface area contributed by atoms with Gasteiger partial charge in [0.25, 0.3) is 5.91 Å². The molecule has 1 amide bonds. The maximum Gasteiger partial charge on any atom is 0.308 e. The number of piperidine rings is 1. The van der Waals surface area contributed by atoms with Gasteiger partial charge >= 0.3 is 5.97 Å². The van der Waals surface area contributed by atoms with Gasteiger partial charge in [-0.2, -0.15) is 0 Å². The average molecular weight is 307 g/mol. The first kappa shape index (κ1) is 14.6. The van der Waals surface area contributed by atoms with Crippen LogP contribution in [0.4, 0.5) is 0 Å². The second-order valence-electron chi connectivity index (χ2n) is 6.05. The maximum absolute atomic E-state index is 12.6. The Bertz CT molecular complexity index is 528. The van der Waals surface area contributed by atoms with Gasteiger partial charge in [0.2, 0.25) is 0 Å². The van der Waals surface area contributed by atoms with Gasteiger partial charge < -0.3 is 10.0 Å². The van der Waals surface area contributed by atoms with Crippen LogP contribution in [0.3, 0.4) is 0 Å². The average Bonchev–Trinajstić information content (AvgIpc) is 2.77. The summed E-state index contributed by atoms with van der Waals surface area (Å²) in [6, 6.07) is 2.05. The molecule has 2 aliphatic rings. The number of amides is 1. The smallest absolute Gasteiger partial charge is 0.308 e. The lowest BCUT2D eigenvalue weighted by molar-refractivity contribution is -0.143. The van der Waals surface area contributed by atoms with E-state index in [1.165, 1.54) is 29.7 Å². The third-order valence-electron chi connectivity index (χ3n) is 4.52. The Balaban J connectivity index is 1.74. The van der Waals surface area contributed by atoms with E-state index >= 15 is 0 Å². The summed E-state index contributed by atoms with van der Waals surface area (Å²) in [6.07, 6.45) is 7.33. The Morgan fingerprint density at radius 3 is 2.81 bits per heavy atom. The summed E-state index contributed by atoms with van der Waals surface area (Å²) in [7, 11) is 0. The molecule has 5 heteroatoms. The molecule has 1 atom stereocenters. The minimum atomic E-state index is -0.783. The molecule has 0 bridgehead atoms. The summed E-state index contributed by atoms with van der Waals surface area (Å²) in [5, 5.41) is 9.14. The number of fused-ring (bicyclic) bond motifs is 1. The molecule has 3 rings (SSSR count). The quantitative estimate of drug-likeness (QED) is 0.855. The van der Waals surface area contributed by atoms with E-state index in [0.29, 0.717) is 19.5 Å². The molecule has 0 unspecified atom stereocenters. The van der Waals surface area contributed by atoms with Gasteiger partial charge in [0.15, 0.2) is 0 Å². The maximum atomic E-state index is 12.6. The molecule has 2 heterocycles. The number of rotatable bonds is 2. The number of carboxylic acids is 1. The van der Waals surface area contributed by atoms with Crippen LogP contribution in [0.25, 0.3) is 0 Å². The lowest BCUT2D eigenvalue weighted by Crippen LogP contribution is -2.42. The third kappa shape index (κ3) is 3.12. The van der Waals surface area contributed by atoms with Crippen LogP contribution in [0.5, 0.6) is 0 Å². The van der Waals surface area contributed by atoms with E-state index in [1.54, 1.807) is 16.2 Å². The zero-order chi connectivity index (χ0) is 14.8. The molecular formula is C16H21NO3S. The molecule has 1 aromatic rings. The highest BCUT2D eigenvalue weighted by molar-refractivity contribution is 7.14. The van der Waals surface area contributed by atoms with Crippen molar-refractivity contribution in [2.75, 3.05) is 13.1 Å². The highest BCUT2D eigenvalue weighted by atomic mass is 32.1. The van der Waals surface area contributed by atoms with Crippen LogP contribution in [0, 0.1) is 5.92 Å². The predicted molar refractivity (Wildman–Crippen MR) is 81.8 cm³/mol. The van der Waals surface area contributed by atoms with E-state index in [1.807, 2.05) is 0 Å². The molecular weight excluding hydrogens is 286 g/mol. The highest BCUT2D eigenvalue weighted by Gasteiger charge is 2.29. The summed E-state index contributed by atoms with van der Waals surface area (Å²) in [5.74, 6) is -1.16. The number of nitrogens with zero attached hydrogens (tertiary/aromatic N) is 1. The number of likely N-dealkylation sites (tertiary alicyclic amines) is 1. The van der Waals surface area contributed by atoms with Crippen molar-refractivity contribution in [3.63, 3.8) is 0 Å². The molecule has 0 radical (unpaired) electrons. The van der Waals surface area contributed by atoms with E-state index in [9.17, 15) is 9.59 Å². The Kier molecular flexibility index (Phi) is 4.29. The number of carbonyl (C=O) groups is 2. The zero-order valence-electron chi connectivity index (χ0n) is 12.1. The van der Waals surface area contributed by atoms with Crippen LogP contribution in [0.2, 0.25) is 0 Å². The van der Waals surface area contributed by atoms with E-state index in [0.717, 1.165) is 24.1 Å². The molecule has 1 saturated heterocycles. The molecule has 4 nitrogen and oxygen atoms in total. The van der Waals surface area contributed by atoms with Crippen molar-refractivity contribution in [3.05, 3.63) is 21.4 Å². The van der Waals surface area contributed by atoms with Crippen LogP contribution < -0.4 is 0 Å². The zero-order valence-corrected chi connectivity index (χ0v) is 13.0. The summed E-state index contributed by atoms with van der Waals surface area (Å²) in [4.78, 5) is 27.6. The van der Waals surface area contributed by atoms with E-state index in [4.69, 9.17) is 5.11 Å². The van der Waals surface area contributed by atoms with Gasteiger partial charge in [-0.25, -0.2) is 0 Å². The molecule has 0 saturated carbocycles. The monoisotopic (exact) mass is 307 g/mol. The molecule has 1 fully saturated rings. The summed E-state index contributed by atoms with van der Waals surface area (Å²) < 4.78 is 0. The van der Waals surface area contributed by atoms with E-state index in [2.05, 4.69) is 6.07 Å². The Labute approximate surface area is 128 Å². The van der Waals surface area contributed by atoms with Gasteiger partial charge in [0.05, 0.1) is 10.8 Å². The van der Waals surface area contributed by atoms with Crippen LogP contribution in [-0.4, -0.2) is 35.0 Å². The van der Waals surface area contributed by atoms with Gasteiger partial charge in [-0.15, -0.1) is 11.3 Å². The van der Waals surface area contributed by atoms with Crippen LogP contribution in [-0.2, 0) is 17.6 Å². The number of hydrogen-bond donors (Lipinski definition) is 1. The second kappa shape index (κ2) is 6.18. The van der Waals surface area contributed by atoms with E-state index < -0.39 is 11.9 Å². The van der Waals surface area contributed by atoms with Crippen molar-refractivity contribution in [2.24, 2.45) is 5.92 Å². The van der Waals surface area contributed by atoms with Crippen LogP contribution in [0.15, 0.2) is 6.07 Å². The number of aliphatic carboxylic acids is 1. The van der Waals surface area contributed by atoms with Crippen molar-refractivity contribution in [1.82, 2.24) is 4.90 Å². The normalized spacial score (nSPS) is 22.5.